The molecule has 0 radical (unpaired) electrons. The molecule has 0 bridgehead atoms. The van der Waals surface area contributed by atoms with Gasteiger partial charge in [-0.2, -0.15) is 0 Å². The second kappa shape index (κ2) is 7.76. The summed E-state index contributed by atoms with van der Waals surface area (Å²) in [4.78, 5) is 14.0. The van der Waals surface area contributed by atoms with Gasteiger partial charge in [-0.1, -0.05) is 54.6 Å². The highest BCUT2D eigenvalue weighted by atomic mass is 16.2. The molecule has 3 heteroatoms. The third kappa shape index (κ3) is 4.43. The van der Waals surface area contributed by atoms with E-state index in [1.54, 1.807) is 4.90 Å². The van der Waals surface area contributed by atoms with E-state index in [9.17, 15) is 4.79 Å². The molecule has 116 valence electrons. The minimum Gasteiger partial charge on any atom is -0.341 e. The number of nitrogens with zero attached hydrogens (tertiary/aromatic N) is 1. The van der Waals surface area contributed by atoms with E-state index in [4.69, 9.17) is 5.73 Å². The van der Waals surface area contributed by atoms with Crippen molar-refractivity contribution in [2.75, 3.05) is 7.05 Å². The fourth-order valence-electron chi connectivity index (χ4n) is 2.44. The van der Waals surface area contributed by atoms with Crippen LogP contribution in [0.1, 0.15) is 25.3 Å². The molecule has 0 fully saturated rings. The third-order valence-electron chi connectivity index (χ3n) is 3.75. The lowest BCUT2D eigenvalue weighted by Gasteiger charge is -2.20. The maximum Gasteiger partial charge on any atom is 0.222 e. The fraction of sp³-hybridized carbons (Fsp3) is 0.316. The average molecular weight is 296 g/mol. The molecule has 2 N–H and O–H groups in total. The molecule has 0 heterocycles. The number of hydrogen-bond donors (Lipinski definition) is 1. The number of benzene rings is 2. The molecule has 2 aromatic rings. The average Bonchev–Trinajstić information content (AvgIpc) is 2.53. The smallest absolute Gasteiger partial charge is 0.222 e. The fourth-order valence-corrected chi connectivity index (χ4v) is 2.44. The van der Waals surface area contributed by atoms with E-state index >= 15 is 0 Å². The molecule has 3 nitrogen and oxygen atoms in total. The van der Waals surface area contributed by atoms with Crippen molar-refractivity contribution in [1.82, 2.24) is 4.90 Å². The first-order valence-electron chi connectivity index (χ1n) is 7.71. The van der Waals surface area contributed by atoms with Crippen LogP contribution in [0.4, 0.5) is 0 Å². The maximum atomic E-state index is 12.2. The SMILES string of the molecule is CC(N)CCC(=O)N(C)Cc1ccccc1-c1ccccc1. The first-order valence-corrected chi connectivity index (χ1v) is 7.71. The molecule has 0 aliphatic carbocycles. The summed E-state index contributed by atoms with van der Waals surface area (Å²) in [5.41, 5.74) is 9.23. The Morgan fingerprint density at radius 1 is 1.09 bits per heavy atom. The zero-order valence-electron chi connectivity index (χ0n) is 13.3. The highest BCUT2D eigenvalue weighted by Crippen LogP contribution is 2.24. The van der Waals surface area contributed by atoms with Crippen molar-refractivity contribution in [1.29, 1.82) is 0 Å². The standard InChI is InChI=1S/C19H24N2O/c1-15(20)12-13-19(22)21(2)14-17-10-6-7-11-18(17)16-8-4-3-5-9-16/h3-11,15H,12-14,20H2,1-2H3. The van der Waals surface area contributed by atoms with Crippen LogP contribution in [0.5, 0.6) is 0 Å². The topological polar surface area (TPSA) is 46.3 Å². The Morgan fingerprint density at radius 2 is 1.73 bits per heavy atom. The van der Waals surface area contributed by atoms with Gasteiger partial charge in [-0.25, -0.2) is 0 Å². The molecular formula is C19H24N2O. The van der Waals surface area contributed by atoms with Crippen molar-refractivity contribution in [2.45, 2.75) is 32.4 Å². The Kier molecular flexibility index (Phi) is 5.73. The van der Waals surface area contributed by atoms with Gasteiger partial charge in [0, 0.05) is 26.1 Å². The quantitative estimate of drug-likeness (QED) is 0.887. The van der Waals surface area contributed by atoms with Gasteiger partial charge in [-0.05, 0) is 30.0 Å². The maximum absolute atomic E-state index is 12.2. The molecule has 0 spiro atoms. The van der Waals surface area contributed by atoms with Gasteiger partial charge in [0.2, 0.25) is 5.91 Å². The van der Waals surface area contributed by atoms with Crippen LogP contribution in [0.2, 0.25) is 0 Å². The molecule has 0 aromatic heterocycles. The lowest BCUT2D eigenvalue weighted by Crippen LogP contribution is -2.28. The molecular weight excluding hydrogens is 272 g/mol. The van der Waals surface area contributed by atoms with Gasteiger partial charge in [-0.3, -0.25) is 4.79 Å². The van der Waals surface area contributed by atoms with E-state index in [2.05, 4.69) is 24.3 Å². The predicted molar refractivity (Wildman–Crippen MR) is 91.2 cm³/mol. The van der Waals surface area contributed by atoms with E-state index < -0.39 is 0 Å². The molecule has 22 heavy (non-hydrogen) atoms. The Morgan fingerprint density at radius 3 is 2.41 bits per heavy atom. The molecule has 1 unspecified atom stereocenters. The van der Waals surface area contributed by atoms with Gasteiger partial charge < -0.3 is 10.6 Å². The van der Waals surface area contributed by atoms with Crippen LogP contribution in [0.3, 0.4) is 0 Å². The second-order valence-corrected chi connectivity index (χ2v) is 5.79. The zero-order valence-corrected chi connectivity index (χ0v) is 13.3. The Bertz CT molecular complexity index is 608. The van der Waals surface area contributed by atoms with E-state index in [1.165, 1.54) is 11.1 Å². The molecule has 2 aromatic carbocycles. The monoisotopic (exact) mass is 296 g/mol. The largest absolute Gasteiger partial charge is 0.341 e. The summed E-state index contributed by atoms with van der Waals surface area (Å²) in [5, 5.41) is 0. The first-order chi connectivity index (χ1) is 10.6. The van der Waals surface area contributed by atoms with Crippen LogP contribution in [-0.4, -0.2) is 23.9 Å². The van der Waals surface area contributed by atoms with Crippen molar-refractivity contribution in [3.05, 3.63) is 60.2 Å². The number of carbonyl (C=O) groups excluding carboxylic acids is 1. The van der Waals surface area contributed by atoms with Gasteiger partial charge in [0.05, 0.1) is 0 Å². The van der Waals surface area contributed by atoms with E-state index in [-0.39, 0.29) is 11.9 Å². The Balaban J connectivity index is 2.12. The van der Waals surface area contributed by atoms with Crippen molar-refractivity contribution < 1.29 is 4.79 Å². The highest BCUT2D eigenvalue weighted by Gasteiger charge is 2.12. The van der Waals surface area contributed by atoms with Gasteiger partial charge in [-0.15, -0.1) is 0 Å². The van der Waals surface area contributed by atoms with Gasteiger partial charge in [0.1, 0.15) is 0 Å². The van der Waals surface area contributed by atoms with Crippen LogP contribution in [0.25, 0.3) is 11.1 Å². The van der Waals surface area contributed by atoms with Crippen LogP contribution in [0, 0.1) is 0 Å². The molecule has 0 saturated carbocycles. The third-order valence-corrected chi connectivity index (χ3v) is 3.75. The van der Waals surface area contributed by atoms with Crippen molar-refractivity contribution >= 4 is 5.91 Å². The first kappa shape index (κ1) is 16.2. The summed E-state index contributed by atoms with van der Waals surface area (Å²) in [7, 11) is 1.85. The lowest BCUT2D eigenvalue weighted by molar-refractivity contribution is -0.130. The Labute approximate surface area is 132 Å². The summed E-state index contributed by atoms with van der Waals surface area (Å²) in [5.74, 6) is 0.139. The van der Waals surface area contributed by atoms with Crippen LogP contribution >= 0.6 is 0 Å². The van der Waals surface area contributed by atoms with Gasteiger partial charge in [0.15, 0.2) is 0 Å². The second-order valence-electron chi connectivity index (χ2n) is 5.79. The molecule has 0 aliphatic heterocycles. The minimum absolute atomic E-state index is 0.0638. The predicted octanol–water partition coefficient (Wildman–Crippen LogP) is 3.44. The number of nitrogens with two attached hydrogens (primary N) is 1. The van der Waals surface area contributed by atoms with Gasteiger partial charge >= 0.3 is 0 Å². The summed E-state index contributed by atoms with van der Waals surface area (Å²) in [6, 6.07) is 18.6. The van der Waals surface area contributed by atoms with Crippen molar-refractivity contribution in [3.8, 4) is 11.1 Å². The summed E-state index contributed by atoms with van der Waals surface area (Å²) in [6.45, 7) is 2.54. The summed E-state index contributed by atoms with van der Waals surface area (Å²) in [6.07, 6.45) is 1.23. The molecule has 1 amide bonds. The van der Waals surface area contributed by atoms with Crippen LogP contribution < -0.4 is 5.73 Å². The number of rotatable bonds is 6. The van der Waals surface area contributed by atoms with E-state index in [0.29, 0.717) is 13.0 Å². The van der Waals surface area contributed by atoms with Gasteiger partial charge in [0.25, 0.3) is 0 Å². The molecule has 1 atom stereocenters. The number of hydrogen-bond acceptors (Lipinski definition) is 2. The van der Waals surface area contributed by atoms with Crippen molar-refractivity contribution in [2.24, 2.45) is 5.73 Å². The molecule has 2 rings (SSSR count). The van der Waals surface area contributed by atoms with Crippen LogP contribution in [-0.2, 0) is 11.3 Å². The molecule has 0 aliphatic rings. The Hall–Kier alpha value is -2.13. The number of amides is 1. The normalized spacial score (nSPS) is 12.0. The van der Waals surface area contributed by atoms with Crippen molar-refractivity contribution in [3.63, 3.8) is 0 Å². The van der Waals surface area contributed by atoms with Crippen LogP contribution in [0.15, 0.2) is 54.6 Å². The summed E-state index contributed by atoms with van der Waals surface area (Å²) < 4.78 is 0. The number of carbonyl (C=O) groups is 1. The van der Waals surface area contributed by atoms with E-state index in [0.717, 1.165) is 12.0 Å². The minimum atomic E-state index is 0.0638. The zero-order chi connectivity index (χ0) is 15.9. The lowest BCUT2D eigenvalue weighted by atomic mass is 9.99. The summed E-state index contributed by atoms with van der Waals surface area (Å²) >= 11 is 0. The highest BCUT2D eigenvalue weighted by molar-refractivity contribution is 5.76. The molecule has 0 saturated heterocycles. The van der Waals surface area contributed by atoms with E-state index in [1.807, 2.05) is 44.3 Å².